The predicted octanol–water partition coefficient (Wildman–Crippen LogP) is 15.9. The van der Waals surface area contributed by atoms with E-state index in [0.717, 1.165) is 116 Å². The summed E-state index contributed by atoms with van der Waals surface area (Å²) in [5.41, 5.74) is 25.3. The normalized spacial score (nSPS) is 16.4. The van der Waals surface area contributed by atoms with E-state index >= 15 is 0 Å². The summed E-state index contributed by atoms with van der Waals surface area (Å²) in [5.74, 6) is 9.30. The van der Waals surface area contributed by atoms with Crippen LogP contribution in [0.15, 0.2) is 134 Å². The number of aromatic nitrogens is 6. The molecule has 121 heavy (non-hydrogen) atoms. The smallest absolute Gasteiger partial charge is 0.294 e. The molecule has 0 saturated carbocycles. The molecule has 3 aromatic heterocycles. The zero-order valence-corrected chi connectivity index (χ0v) is 80.4. The molecule has 5 aliphatic rings. The number of halogens is 3. The molecule has 8 heterocycles. The standard InChI is InChI=1S/C38H49BrN9O2PSi.C19H16BrClN5OPSi.C19H32N4O.C7H8O3S.C4H10O/c1-7-26-20-32(35(50-3)22-34(26)48-13-10-29(11-14-48)47-17-15-46(2)16-18-47)44-38-42-24-30(39)37(45-38)43-31-9-8-27(21-36(31)51-49)33-25-40-28(23-41-33)12-19-52(4,5)6;1-29(2,3)7-6-13-9-23-16(11-22-13)12-4-5-15(17(8-12)28-27)25-18-14(20)10-24-19(21)26-18;1-4-15-13-17(20)19(24-3)14-18(15)23-7-5-16(6-8-23)22-11-9-21(2)10-12-22;1-6-2-4-7(5-3-6)11(8,9)10;1-2-3-4-5/h8-9,20-22,24-25,28-29H,7,10-11,13-18,23H2,1-6H3,(H2,42,43,44,45);4-5,8-11H,1-3H3,(H,24,25,26);13-14,16H,4-12,20H2,1-3H3;2-5H,1H3,(H,8,9,10);5H,2-4H2,1H3. The Morgan fingerprint density at radius 1 is 0.620 bits per heavy atom. The number of methoxy groups -OCH3 is 2. The first-order valence-electron chi connectivity index (χ1n) is 40.9. The van der Waals surface area contributed by atoms with E-state index in [2.05, 4.69) is 228 Å². The van der Waals surface area contributed by atoms with Crippen LogP contribution < -0.4 is 51.6 Å². The molecule has 1 atom stereocenters. The molecule has 0 spiro atoms. The highest BCUT2D eigenvalue weighted by Gasteiger charge is 2.31. The van der Waals surface area contributed by atoms with E-state index in [9.17, 15) is 17.5 Å². The number of ether oxygens (including phenoxy) is 2. The lowest BCUT2D eigenvalue weighted by atomic mass is 9.99. The summed E-state index contributed by atoms with van der Waals surface area (Å²) in [5, 5.41) is 19.2. The van der Waals surface area contributed by atoms with Crippen LogP contribution in [0.25, 0.3) is 11.3 Å². The Morgan fingerprint density at radius 2 is 1.14 bits per heavy atom. The van der Waals surface area contributed by atoms with Gasteiger partial charge in [0.15, 0.2) is 16.9 Å². The molecule has 26 nitrogen and oxygen atoms in total. The molecule has 5 aliphatic heterocycles. The van der Waals surface area contributed by atoms with Crippen molar-refractivity contribution in [3.8, 4) is 45.7 Å². The topological polar surface area (TPSA) is 311 Å². The second-order valence-corrected chi connectivity index (χ2v) is 46.5. The number of aliphatic hydroxyl groups is 1. The highest BCUT2D eigenvalue weighted by Crippen LogP contribution is 2.39. The molecular formula is C87H115Br2ClN18O8P2SSi2. The van der Waals surface area contributed by atoms with Crippen molar-refractivity contribution in [1.29, 1.82) is 0 Å². The quantitative estimate of drug-likeness (QED) is 0.00972. The van der Waals surface area contributed by atoms with Gasteiger partial charge < -0.3 is 55.9 Å². The van der Waals surface area contributed by atoms with E-state index in [-0.39, 0.29) is 33.1 Å². The van der Waals surface area contributed by atoms with Gasteiger partial charge in [0.25, 0.3) is 10.1 Å². The first kappa shape index (κ1) is 96.6. The molecule has 1 unspecified atom stereocenters. The molecule has 5 aromatic carbocycles. The maximum Gasteiger partial charge on any atom is 0.294 e. The van der Waals surface area contributed by atoms with Gasteiger partial charge in [0.2, 0.25) is 11.2 Å². The molecule has 7 N–H and O–H groups in total. The van der Waals surface area contributed by atoms with Gasteiger partial charge in [-0.2, -0.15) is 18.4 Å². The second-order valence-electron chi connectivity index (χ2n) is 32.2. The van der Waals surface area contributed by atoms with Crippen molar-refractivity contribution in [2.75, 3.05) is 151 Å². The van der Waals surface area contributed by atoms with Gasteiger partial charge in [-0.05, 0) is 169 Å². The number of nitrogens with one attached hydrogen (secondary N) is 3. The molecule has 0 amide bonds. The Hall–Kier alpha value is -8.21. The van der Waals surface area contributed by atoms with Crippen LogP contribution in [0.5, 0.6) is 11.5 Å². The number of benzene rings is 5. The summed E-state index contributed by atoms with van der Waals surface area (Å²) in [6, 6.07) is 26.9. The molecule has 13 rings (SSSR count). The van der Waals surface area contributed by atoms with Crippen molar-refractivity contribution in [2.45, 2.75) is 141 Å². The minimum absolute atomic E-state index is 0.0666. The number of piperazine rings is 2. The monoisotopic (exact) mass is 1880 g/mol. The van der Waals surface area contributed by atoms with Crippen LogP contribution in [0, 0.1) is 29.9 Å². The number of anilines is 9. The van der Waals surface area contributed by atoms with Gasteiger partial charge in [0.05, 0.1) is 91.8 Å². The van der Waals surface area contributed by atoms with Crippen molar-refractivity contribution < 1.29 is 36.7 Å². The lowest BCUT2D eigenvalue weighted by molar-refractivity contribution is 0.0982. The van der Waals surface area contributed by atoms with Crippen molar-refractivity contribution in [1.82, 2.24) is 49.5 Å². The van der Waals surface area contributed by atoms with E-state index in [0.29, 0.717) is 79.1 Å². The van der Waals surface area contributed by atoms with Gasteiger partial charge in [-0.15, -0.1) is 11.1 Å². The van der Waals surface area contributed by atoms with Gasteiger partial charge in [-0.3, -0.25) is 38.5 Å². The Balaban J connectivity index is 0.000000202. The molecule has 0 radical (unpaired) electrons. The molecule has 4 saturated heterocycles. The average Bonchev–Trinajstić information content (AvgIpc) is 0.794. The van der Waals surface area contributed by atoms with Crippen LogP contribution in [0.3, 0.4) is 0 Å². The molecule has 0 aliphatic carbocycles. The zero-order valence-electron chi connectivity index (χ0n) is 71.9. The number of hydrogen-bond donors (Lipinski definition) is 6. The molecule has 646 valence electrons. The van der Waals surface area contributed by atoms with Gasteiger partial charge in [-0.1, -0.05) is 108 Å². The average molecular weight is 1890 g/mol. The lowest BCUT2D eigenvalue weighted by Gasteiger charge is -2.43. The number of rotatable bonds is 21. The van der Waals surface area contributed by atoms with Crippen molar-refractivity contribution >= 4 is 161 Å². The van der Waals surface area contributed by atoms with E-state index in [1.807, 2.05) is 31.2 Å². The summed E-state index contributed by atoms with van der Waals surface area (Å²) >= 11 is 12.8. The third-order valence-corrected chi connectivity index (χ3v) is 25.9. The Morgan fingerprint density at radius 3 is 1.61 bits per heavy atom. The third kappa shape index (κ3) is 29.5. The van der Waals surface area contributed by atoms with Crippen LogP contribution in [-0.2, 0) is 32.1 Å². The fourth-order valence-corrected chi connectivity index (χ4v) is 17.0. The number of aliphatic hydroxyl groups excluding tert-OH is 1. The molecule has 8 aromatic rings. The highest BCUT2D eigenvalue weighted by atomic mass is 79.9. The minimum atomic E-state index is -4.02. The fraction of sp³-hybridized carbons (Fsp3) is 0.448. The van der Waals surface area contributed by atoms with Gasteiger partial charge in [0, 0.05) is 150 Å². The van der Waals surface area contributed by atoms with Crippen molar-refractivity contribution in [2.24, 2.45) is 9.98 Å². The summed E-state index contributed by atoms with van der Waals surface area (Å²) < 4.78 is 66.3. The van der Waals surface area contributed by atoms with E-state index in [1.165, 1.54) is 99.6 Å². The number of nitrogens with two attached hydrogens (primary N) is 1. The summed E-state index contributed by atoms with van der Waals surface area (Å²) in [7, 11) is 0.592. The number of piperidine rings is 2. The molecule has 0 bridgehead atoms. The summed E-state index contributed by atoms with van der Waals surface area (Å²) in [4.78, 5) is 50.7. The largest absolute Gasteiger partial charge is 0.495 e. The van der Waals surface area contributed by atoms with Gasteiger partial charge >= 0.3 is 0 Å². The number of unbranched alkanes of at least 4 members (excludes halogenated alkanes) is 1. The maximum absolute atomic E-state index is 12.3. The number of nitrogens with zero attached hydrogens (tertiary/aromatic N) is 14. The number of aryl methyl sites for hydroxylation is 3. The molecular weight excluding hydrogens is 1770 g/mol. The first-order valence-corrected chi connectivity index (χ1v) is 52.9. The summed E-state index contributed by atoms with van der Waals surface area (Å²) in [6.07, 6.45) is 17.1. The first-order chi connectivity index (χ1) is 57.8. The number of hydrogen-bond acceptors (Lipinski definition) is 25. The van der Waals surface area contributed by atoms with Crippen LogP contribution >= 0.6 is 60.4 Å². The minimum Gasteiger partial charge on any atom is -0.495 e. The molecule has 4 fully saturated rings. The van der Waals surface area contributed by atoms with E-state index in [1.54, 1.807) is 69.5 Å². The van der Waals surface area contributed by atoms with Crippen molar-refractivity contribution in [3.63, 3.8) is 0 Å². The Kier molecular flexibility index (Phi) is 37.1. The molecule has 34 heteroatoms. The van der Waals surface area contributed by atoms with E-state index in [4.69, 9.17) is 46.4 Å². The second kappa shape index (κ2) is 46.5. The number of aliphatic imine (C=N–C) groups is 2. The Labute approximate surface area is 742 Å². The SMILES string of the molecule is CCCCO.CCc1cc(N)c(OC)cc1N1CCC(N2CCN(C)CC2)CC1.CCc1cc(Nc2ncc(Br)c(Nc3ccc(C4=NCC(C#C[Si](C)(C)C)N=C4)cc3P=O)n2)c(OC)cc1N1CCC(N2CCN(C)CC2)CC1.C[Si](C)(C)C#Cc1cnc(-c2ccc(Nc3nc(Cl)ncc3Br)c(P=O)c2)cn1.Cc1ccc(S(=O)(=O)O)cc1. The highest BCUT2D eigenvalue weighted by molar-refractivity contribution is 9.11. The van der Waals surface area contributed by atoms with E-state index < -0.39 is 26.3 Å². The van der Waals surface area contributed by atoms with Gasteiger partial charge in [-0.25, -0.2) is 15.0 Å². The van der Waals surface area contributed by atoms with Crippen LogP contribution in [0.4, 0.5) is 51.7 Å². The number of nitrogen functional groups attached to an aromatic ring is 1. The van der Waals surface area contributed by atoms with Crippen molar-refractivity contribution in [3.05, 3.63) is 152 Å². The third-order valence-electron chi connectivity index (χ3n) is 20.8. The van der Waals surface area contributed by atoms with Crippen LogP contribution in [0.2, 0.25) is 44.6 Å². The zero-order chi connectivity index (χ0) is 87.6. The number of likely N-dealkylation sites (N-methyl/N-ethyl adjacent to an activating group) is 2. The fourth-order valence-electron chi connectivity index (χ4n) is 13.9. The van der Waals surface area contributed by atoms with Crippen LogP contribution in [0.1, 0.15) is 87.2 Å². The van der Waals surface area contributed by atoms with Gasteiger partial charge in [0.1, 0.15) is 51.0 Å². The van der Waals surface area contributed by atoms with Crippen LogP contribution in [-0.4, -0.2) is 234 Å². The maximum atomic E-state index is 12.3. The predicted molar refractivity (Wildman–Crippen MR) is 508 cm³/mol. The lowest BCUT2D eigenvalue weighted by Crippen LogP contribution is -2.52. The Bertz CT molecular complexity index is 5120. The summed E-state index contributed by atoms with van der Waals surface area (Å²) in [6.45, 7) is 36.1.